The van der Waals surface area contributed by atoms with Crippen LogP contribution in [0.3, 0.4) is 0 Å². The highest BCUT2D eigenvalue weighted by molar-refractivity contribution is 6.39. The number of halogens is 1. The molecule has 1 fully saturated rings. The molecule has 2 amide bonds. The van der Waals surface area contributed by atoms with Gasteiger partial charge in [-0.05, 0) is 37.3 Å². The van der Waals surface area contributed by atoms with Gasteiger partial charge in [0.1, 0.15) is 6.07 Å². The van der Waals surface area contributed by atoms with E-state index in [1.54, 1.807) is 24.3 Å². The quantitative estimate of drug-likeness (QED) is 0.591. The molecular weight excluding hydrogens is 422 g/mol. The monoisotopic (exact) mass is 439 g/mol. The fourth-order valence-electron chi connectivity index (χ4n) is 3.65. The molecule has 1 aromatic heterocycles. The first kappa shape index (κ1) is 20.5. The summed E-state index contributed by atoms with van der Waals surface area (Å²) in [6.07, 6.45) is 0. The van der Waals surface area contributed by atoms with E-state index in [9.17, 15) is 19.6 Å². The van der Waals surface area contributed by atoms with Crippen molar-refractivity contribution in [1.29, 1.82) is 5.26 Å². The number of carbonyl (C=O) groups is 2. The first-order chi connectivity index (χ1) is 14.9. The molecule has 1 atom stereocenters. The first-order valence-electron chi connectivity index (χ1n) is 9.55. The second kappa shape index (κ2) is 8.16. The summed E-state index contributed by atoms with van der Waals surface area (Å²) in [7, 11) is 0. The summed E-state index contributed by atoms with van der Waals surface area (Å²) < 4.78 is 4.97. The summed E-state index contributed by atoms with van der Waals surface area (Å²) in [5.41, 5.74) is 2.37. The Balaban J connectivity index is 1.42. The average molecular weight is 440 g/mol. The molecule has 9 nitrogen and oxygen atoms in total. The Labute approximate surface area is 181 Å². The molecule has 1 aliphatic rings. The van der Waals surface area contributed by atoms with Crippen LogP contribution in [-0.2, 0) is 9.59 Å². The van der Waals surface area contributed by atoms with Crippen LogP contribution in [0.15, 0.2) is 45.6 Å². The first-order valence-corrected chi connectivity index (χ1v) is 9.93. The molecule has 0 unspecified atom stereocenters. The Kier molecular flexibility index (Phi) is 5.40. The van der Waals surface area contributed by atoms with Crippen molar-refractivity contribution in [2.75, 3.05) is 29.9 Å². The van der Waals surface area contributed by atoms with Crippen molar-refractivity contribution in [3.63, 3.8) is 0 Å². The van der Waals surface area contributed by atoms with Gasteiger partial charge in [0.05, 0.1) is 16.1 Å². The highest BCUT2D eigenvalue weighted by Gasteiger charge is 2.30. The summed E-state index contributed by atoms with van der Waals surface area (Å²) in [6, 6.07) is 11.9. The number of hydrogen-bond donors (Lipinski definition) is 2. The highest BCUT2D eigenvalue weighted by Crippen LogP contribution is 2.26. The number of carbonyl (C=O) groups excluding carboxylic acids is 2. The third-order valence-corrected chi connectivity index (χ3v) is 5.52. The molecule has 10 heteroatoms. The van der Waals surface area contributed by atoms with Gasteiger partial charge in [-0.2, -0.15) is 5.26 Å². The van der Waals surface area contributed by atoms with Gasteiger partial charge in [0.2, 0.25) is 0 Å². The van der Waals surface area contributed by atoms with Gasteiger partial charge in [0, 0.05) is 43.1 Å². The van der Waals surface area contributed by atoms with Gasteiger partial charge >= 0.3 is 17.6 Å². The van der Waals surface area contributed by atoms with Crippen molar-refractivity contribution in [1.82, 2.24) is 9.88 Å². The SMILES string of the molecule is C[C@@H]1CN(C(=O)C(=O)Nc2ccc3[nH]c(=O)oc3c2)CCN1c1ccc(Cl)c(C#N)c1. The maximum Gasteiger partial charge on any atom is 0.417 e. The minimum absolute atomic E-state index is 0.0660. The molecule has 0 radical (unpaired) electrons. The van der Waals surface area contributed by atoms with E-state index in [-0.39, 0.29) is 11.6 Å². The van der Waals surface area contributed by atoms with Crippen molar-refractivity contribution < 1.29 is 14.0 Å². The Morgan fingerprint density at radius 3 is 2.81 bits per heavy atom. The van der Waals surface area contributed by atoms with Gasteiger partial charge in [-0.1, -0.05) is 11.6 Å². The predicted octanol–water partition coefficient (Wildman–Crippen LogP) is 2.32. The lowest BCUT2D eigenvalue weighted by Gasteiger charge is -2.41. The lowest BCUT2D eigenvalue weighted by atomic mass is 10.1. The molecule has 2 N–H and O–H groups in total. The second-order valence-corrected chi connectivity index (χ2v) is 7.66. The Morgan fingerprint density at radius 2 is 2.06 bits per heavy atom. The van der Waals surface area contributed by atoms with Crippen LogP contribution < -0.4 is 16.0 Å². The number of amides is 2. The normalized spacial score (nSPS) is 16.2. The lowest BCUT2D eigenvalue weighted by molar-refractivity contribution is -0.143. The average Bonchev–Trinajstić information content (AvgIpc) is 3.13. The summed E-state index contributed by atoms with van der Waals surface area (Å²) in [5.74, 6) is -2.00. The van der Waals surface area contributed by atoms with E-state index < -0.39 is 17.6 Å². The fraction of sp³-hybridized carbons (Fsp3) is 0.238. The zero-order valence-electron chi connectivity index (χ0n) is 16.5. The van der Waals surface area contributed by atoms with Crippen molar-refractivity contribution >= 4 is 45.9 Å². The molecule has 4 rings (SSSR count). The standard InChI is InChI=1S/C21H18ClN5O4/c1-12-11-26(6-7-27(12)15-3-4-16(22)13(8-15)10-23)20(29)19(28)24-14-2-5-17-18(9-14)31-21(30)25-17/h2-5,8-9,12H,6-7,11H2,1H3,(H,24,28)(H,25,30)/t12-/m1/s1. The maximum absolute atomic E-state index is 12.7. The number of benzene rings is 2. The van der Waals surface area contributed by atoms with Crippen LogP contribution >= 0.6 is 11.6 Å². The Bertz CT molecular complexity index is 1270. The fourth-order valence-corrected chi connectivity index (χ4v) is 3.81. The summed E-state index contributed by atoms with van der Waals surface area (Å²) >= 11 is 6.01. The number of nitrogens with zero attached hydrogens (tertiary/aromatic N) is 3. The molecule has 158 valence electrons. The van der Waals surface area contributed by atoms with E-state index in [2.05, 4.69) is 21.3 Å². The van der Waals surface area contributed by atoms with Crippen LogP contribution in [0, 0.1) is 11.3 Å². The van der Waals surface area contributed by atoms with Gasteiger partial charge in [-0.15, -0.1) is 0 Å². The molecule has 31 heavy (non-hydrogen) atoms. The number of piperazine rings is 1. The Hall–Kier alpha value is -3.77. The van der Waals surface area contributed by atoms with Gasteiger partial charge in [-0.3, -0.25) is 14.6 Å². The molecule has 0 aliphatic carbocycles. The van der Waals surface area contributed by atoms with E-state index in [0.29, 0.717) is 41.4 Å². The molecule has 0 saturated carbocycles. The van der Waals surface area contributed by atoms with Crippen LogP contribution in [0.5, 0.6) is 0 Å². The van der Waals surface area contributed by atoms with Crippen LogP contribution in [0.2, 0.25) is 5.02 Å². The van der Waals surface area contributed by atoms with E-state index in [0.717, 1.165) is 5.69 Å². The topological polar surface area (TPSA) is 122 Å². The number of nitriles is 1. The van der Waals surface area contributed by atoms with Gasteiger partial charge < -0.3 is 19.5 Å². The zero-order valence-corrected chi connectivity index (χ0v) is 17.3. The number of H-pyrrole nitrogens is 1. The van der Waals surface area contributed by atoms with E-state index >= 15 is 0 Å². The van der Waals surface area contributed by atoms with Gasteiger partial charge in [0.25, 0.3) is 0 Å². The van der Waals surface area contributed by atoms with Crippen molar-refractivity contribution in [3.05, 3.63) is 57.5 Å². The molecule has 1 saturated heterocycles. The highest BCUT2D eigenvalue weighted by atomic mass is 35.5. The van der Waals surface area contributed by atoms with Crippen molar-refractivity contribution in [2.45, 2.75) is 13.0 Å². The maximum atomic E-state index is 12.7. The zero-order chi connectivity index (χ0) is 22.1. The predicted molar refractivity (Wildman–Crippen MR) is 115 cm³/mol. The summed E-state index contributed by atoms with van der Waals surface area (Å²) in [5, 5.41) is 12.1. The van der Waals surface area contributed by atoms with Crippen LogP contribution in [0.1, 0.15) is 12.5 Å². The van der Waals surface area contributed by atoms with Crippen LogP contribution in [0.4, 0.5) is 11.4 Å². The smallest absolute Gasteiger partial charge is 0.408 e. The third kappa shape index (κ3) is 4.11. The molecule has 2 aromatic carbocycles. The van der Waals surface area contributed by atoms with E-state index in [1.807, 2.05) is 13.0 Å². The second-order valence-electron chi connectivity index (χ2n) is 7.25. The number of anilines is 2. The number of fused-ring (bicyclic) bond motifs is 1. The molecule has 1 aliphatic heterocycles. The number of hydrogen-bond acceptors (Lipinski definition) is 6. The van der Waals surface area contributed by atoms with E-state index in [4.69, 9.17) is 16.0 Å². The number of oxazole rings is 1. The lowest BCUT2D eigenvalue weighted by Crippen LogP contribution is -2.55. The molecular formula is C21H18ClN5O4. The minimum atomic E-state index is -0.767. The van der Waals surface area contributed by atoms with Crippen LogP contribution in [-0.4, -0.2) is 47.4 Å². The Morgan fingerprint density at radius 1 is 1.26 bits per heavy atom. The summed E-state index contributed by atoms with van der Waals surface area (Å²) in [6.45, 7) is 3.16. The van der Waals surface area contributed by atoms with Crippen molar-refractivity contribution in [3.8, 4) is 6.07 Å². The number of nitrogens with one attached hydrogen (secondary N) is 2. The minimum Gasteiger partial charge on any atom is -0.408 e. The molecule has 0 spiro atoms. The largest absolute Gasteiger partial charge is 0.417 e. The molecule has 0 bridgehead atoms. The summed E-state index contributed by atoms with van der Waals surface area (Å²) in [4.78, 5) is 42.4. The third-order valence-electron chi connectivity index (χ3n) is 5.19. The van der Waals surface area contributed by atoms with Gasteiger partial charge in [0.15, 0.2) is 5.58 Å². The molecule has 2 heterocycles. The molecule has 3 aromatic rings. The number of rotatable bonds is 2. The van der Waals surface area contributed by atoms with Crippen LogP contribution in [0.25, 0.3) is 11.1 Å². The number of aromatic amines is 1. The van der Waals surface area contributed by atoms with Gasteiger partial charge in [-0.25, -0.2) is 4.79 Å². The van der Waals surface area contributed by atoms with Crippen molar-refractivity contribution in [2.24, 2.45) is 0 Å². The number of aromatic nitrogens is 1. The van der Waals surface area contributed by atoms with E-state index in [1.165, 1.54) is 11.0 Å².